The summed E-state index contributed by atoms with van der Waals surface area (Å²) in [5.41, 5.74) is 3.46. The van der Waals surface area contributed by atoms with Crippen molar-refractivity contribution in [3.8, 4) is 0 Å². The van der Waals surface area contributed by atoms with Crippen LogP contribution in [-0.4, -0.2) is 87.4 Å². The van der Waals surface area contributed by atoms with Crippen LogP contribution in [0, 0.1) is 0 Å². The van der Waals surface area contributed by atoms with Gasteiger partial charge in [0.05, 0.1) is 31.0 Å². The van der Waals surface area contributed by atoms with E-state index in [0.717, 1.165) is 35.4 Å². The first-order valence-electron chi connectivity index (χ1n) is 12.9. The van der Waals surface area contributed by atoms with E-state index in [2.05, 4.69) is 44.8 Å². The van der Waals surface area contributed by atoms with Crippen molar-refractivity contribution in [2.75, 3.05) is 57.4 Å². The average molecular weight is 513 g/mol. The molecule has 0 radical (unpaired) electrons. The van der Waals surface area contributed by atoms with Gasteiger partial charge in [0.1, 0.15) is 0 Å². The number of morpholine rings is 1. The van der Waals surface area contributed by atoms with E-state index < -0.39 is 8.32 Å². The van der Waals surface area contributed by atoms with Crippen LogP contribution in [0.2, 0.25) is 18.1 Å². The van der Waals surface area contributed by atoms with Crippen LogP contribution < -0.4 is 4.90 Å². The van der Waals surface area contributed by atoms with Crippen molar-refractivity contribution in [3.05, 3.63) is 35.5 Å². The lowest BCUT2D eigenvalue weighted by atomic mass is 10.1. The molecule has 0 unspecified atom stereocenters. The molecule has 2 amide bonds. The van der Waals surface area contributed by atoms with Crippen LogP contribution in [0.1, 0.15) is 43.7 Å². The molecule has 2 aromatic rings. The van der Waals surface area contributed by atoms with Crippen molar-refractivity contribution in [1.82, 2.24) is 14.8 Å². The quantitative estimate of drug-likeness (QED) is 0.566. The molecule has 0 N–H and O–H groups in total. The lowest BCUT2D eigenvalue weighted by molar-refractivity contribution is -0.129. The Kier molecular flexibility index (Phi) is 7.73. The number of hydrogen-bond acceptors (Lipinski definition) is 6. The highest BCUT2D eigenvalue weighted by atomic mass is 28.4. The maximum Gasteiger partial charge on any atom is 0.254 e. The molecule has 4 rings (SSSR count). The summed E-state index contributed by atoms with van der Waals surface area (Å²) in [6, 6.07) is 7.92. The highest BCUT2D eigenvalue weighted by Crippen LogP contribution is 2.37. The summed E-state index contributed by atoms with van der Waals surface area (Å²) in [5, 5.41) is 1.08. The van der Waals surface area contributed by atoms with Crippen molar-refractivity contribution in [2.45, 2.75) is 52.4 Å². The zero-order valence-corrected chi connectivity index (χ0v) is 23.6. The summed E-state index contributed by atoms with van der Waals surface area (Å²) >= 11 is 0. The van der Waals surface area contributed by atoms with Gasteiger partial charge in [-0.3, -0.25) is 14.6 Å². The van der Waals surface area contributed by atoms with Gasteiger partial charge in [0, 0.05) is 62.8 Å². The molecule has 8 nitrogen and oxygen atoms in total. The molecule has 0 atom stereocenters. The van der Waals surface area contributed by atoms with Crippen LogP contribution >= 0.6 is 0 Å². The number of pyridine rings is 1. The molecule has 1 aromatic heterocycles. The molecular formula is C27H40N4O4Si. The van der Waals surface area contributed by atoms with Gasteiger partial charge in [-0.15, -0.1) is 0 Å². The molecule has 196 valence electrons. The SMILES string of the molecule is CC(=O)N1CCN(c2cc(CO[Si](C)(C)C(C)(C)C)nc3ccc(C(=O)N4CCOCC4)cc23)CC1. The van der Waals surface area contributed by atoms with Gasteiger partial charge in [-0.25, -0.2) is 0 Å². The third-order valence-electron chi connectivity index (χ3n) is 7.84. The number of amides is 2. The molecule has 36 heavy (non-hydrogen) atoms. The summed E-state index contributed by atoms with van der Waals surface area (Å²) in [7, 11) is -1.94. The zero-order chi connectivity index (χ0) is 26.1. The lowest BCUT2D eigenvalue weighted by Crippen LogP contribution is -2.48. The van der Waals surface area contributed by atoms with Crippen LogP contribution in [0.4, 0.5) is 5.69 Å². The molecule has 0 spiro atoms. The molecule has 2 aliphatic heterocycles. The fourth-order valence-corrected chi connectivity index (χ4v) is 5.35. The second-order valence-corrected chi connectivity index (χ2v) is 16.1. The van der Waals surface area contributed by atoms with E-state index in [1.165, 1.54) is 0 Å². The van der Waals surface area contributed by atoms with E-state index in [9.17, 15) is 9.59 Å². The van der Waals surface area contributed by atoms with E-state index in [1.54, 1.807) is 6.92 Å². The number of hydrogen-bond donors (Lipinski definition) is 0. The minimum Gasteiger partial charge on any atom is -0.411 e. The van der Waals surface area contributed by atoms with Gasteiger partial charge in [0.2, 0.25) is 5.91 Å². The number of rotatable bonds is 5. The molecule has 2 saturated heterocycles. The zero-order valence-electron chi connectivity index (χ0n) is 22.6. The standard InChI is InChI=1S/C27H40N4O4Si/c1-20(32)29-9-11-30(12-10-29)25-18-22(19-35-36(5,6)27(2,3)4)28-24-8-7-21(17-23(24)25)26(33)31-13-15-34-16-14-31/h7-8,17-18H,9-16,19H2,1-6H3. The number of fused-ring (bicyclic) bond motifs is 1. The second kappa shape index (κ2) is 10.5. The maximum absolute atomic E-state index is 13.2. The van der Waals surface area contributed by atoms with Crippen molar-refractivity contribution < 1.29 is 18.8 Å². The van der Waals surface area contributed by atoms with E-state index in [-0.39, 0.29) is 16.9 Å². The highest BCUT2D eigenvalue weighted by molar-refractivity contribution is 6.74. The number of piperazine rings is 1. The van der Waals surface area contributed by atoms with Crippen LogP contribution in [0.15, 0.2) is 24.3 Å². The van der Waals surface area contributed by atoms with Gasteiger partial charge >= 0.3 is 0 Å². The Hall–Kier alpha value is -2.49. The second-order valence-electron chi connectivity index (χ2n) is 11.3. The third-order valence-corrected chi connectivity index (χ3v) is 12.3. The summed E-state index contributed by atoms with van der Waals surface area (Å²) in [4.78, 5) is 36.0. The first-order chi connectivity index (χ1) is 17.0. The fourth-order valence-electron chi connectivity index (χ4n) is 4.41. The third kappa shape index (κ3) is 5.73. The molecule has 2 aliphatic rings. The summed E-state index contributed by atoms with van der Waals surface area (Å²) in [6.07, 6.45) is 0. The van der Waals surface area contributed by atoms with Crippen molar-refractivity contribution >= 4 is 36.7 Å². The molecule has 0 aliphatic carbocycles. The first-order valence-corrected chi connectivity index (χ1v) is 15.8. The van der Waals surface area contributed by atoms with Crippen molar-refractivity contribution in [3.63, 3.8) is 0 Å². The number of benzene rings is 1. The minimum atomic E-state index is -1.94. The minimum absolute atomic E-state index is 0.0258. The number of aromatic nitrogens is 1. The molecular weight excluding hydrogens is 472 g/mol. The molecule has 2 fully saturated rings. The van der Waals surface area contributed by atoms with E-state index in [4.69, 9.17) is 14.1 Å². The van der Waals surface area contributed by atoms with E-state index >= 15 is 0 Å². The molecule has 3 heterocycles. The number of carbonyl (C=O) groups is 2. The van der Waals surface area contributed by atoms with Crippen molar-refractivity contribution in [2.24, 2.45) is 0 Å². The monoisotopic (exact) mass is 512 g/mol. The predicted molar refractivity (Wildman–Crippen MR) is 145 cm³/mol. The van der Waals surface area contributed by atoms with Gasteiger partial charge in [-0.05, 0) is 42.4 Å². The van der Waals surface area contributed by atoms with Gasteiger partial charge in [-0.2, -0.15) is 0 Å². The van der Waals surface area contributed by atoms with Crippen LogP contribution in [0.3, 0.4) is 0 Å². The van der Waals surface area contributed by atoms with Crippen LogP contribution in [0.25, 0.3) is 10.9 Å². The fraction of sp³-hybridized carbons (Fsp3) is 0.593. The number of carbonyl (C=O) groups excluding carboxylic acids is 2. The summed E-state index contributed by atoms with van der Waals surface area (Å²) < 4.78 is 11.9. The Morgan fingerprint density at radius 2 is 1.67 bits per heavy atom. The summed E-state index contributed by atoms with van der Waals surface area (Å²) in [5.74, 6) is 0.133. The number of nitrogens with zero attached hydrogens (tertiary/aromatic N) is 4. The van der Waals surface area contributed by atoms with Gasteiger partial charge in [-0.1, -0.05) is 20.8 Å². The average Bonchev–Trinajstić information content (AvgIpc) is 2.86. The normalized spacial score (nSPS) is 17.6. The van der Waals surface area contributed by atoms with Gasteiger partial charge < -0.3 is 23.9 Å². The van der Waals surface area contributed by atoms with Crippen LogP contribution in [0.5, 0.6) is 0 Å². The molecule has 0 bridgehead atoms. The molecule has 0 saturated carbocycles. The summed E-state index contributed by atoms with van der Waals surface area (Å²) in [6.45, 7) is 18.5. The van der Waals surface area contributed by atoms with E-state index in [1.807, 2.05) is 28.0 Å². The maximum atomic E-state index is 13.2. The Morgan fingerprint density at radius 3 is 2.28 bits per heavy atom. The molecule has 1 aromatic carbocycles. The van der Waals surface area contributed by atoms with E-state index in [0.29, 0.717) is 51.6 Å². The highest BCUT2D eigenvalue weighted by Gasteiger charge is 2.37. The number of anilines is 1. The Balaban J connectivity index is 1.68. The Bertz CT molecular complexity index is 1120. The first kappa shape index (κ1) is 26.6. The number of ether oxygens (including phenoxy) is 1. The Labute approximate surface area is 215 Å². The predicted octanol–water partition coefficient (Wildman–Crippen LogP) is 3.90. The smallest absolute Gasteiger partial charge is 0.254 e. The van der Waals surface area contributed by atoms with Crippen LogP contribution in [-0.2, 0) is 20.6 Å². The largest absolute Gasteiger partial charge is 0.411 e. The van der Waals surface area contributed by atoms with Gasteiger partial charge in [0.15, 0.2) is 8.32 Å². The molecule has 9 heteroatoms. The lowest BCUT2D eigenvalue weighted by Gasteiger charge is -2.37. The topological polar surface area (TPSA) is 75.2 Å². The van der Waals surface area contributed by atoms with Crippen molar-refractivity contribution in [1.29, 1.82) is 0 Å². The Morgan fingerprint density at radius 1 is 1.00 bits per heavy atom. The van der Waals surface area contributed by atoms with Gasteiger partial charge in [0.25, 0.3) is 5.91 Å².